The molecule has 0 amide bonds. The van der Waals surface area contributed by atoms with Crippen LogP contribution in [0.15, 0.2) is 24.3 Å². The maximum absolute atomic E-state index is 12.7. The summed E-state index contributed by atoms with van der Waals surface area (Å²) in [6.45, 7) is 3.18. The van der Waals surface area contributed by atoms with Crippen molar-refractivity contribution in [1.82, 2.24) is 0 Å². The maximum Gasteiger partial charge on any atom is 0.472 e. The molecule has 1 aliphatic rings. The van der Waals surface area contributed by atoms with Crippen LogP contribution in [0.3, 0.4) is 0 Å². The third-order valence-electron chi connectivity index (χ3n) is 9.05. The fourth-order valence-electron chi connectivity index (χ4n) is 5.77. The Morgan fingerprint density at radius 3 is 1.62 bits per heavy atom. The van der Waals surface area contributed by atoms with Crippen LogP contribution in [-0.4, -0.2) is 98.3 Å². The van der Waals surface area contributed by atoms with Crippen LogP contribution in [0.4, 0.5) is 0 Å². The van der Waals surface area contributed by atoms with E-state index in [1.54, 1.807) is 0 Å². The highest BCUT2D eigenvalue weighted by molar-refractivity contribution is 7.47. The van der Waals surface area contributed by atoms with Gasteiger partial charge in [-0.2, -0.15) is 0 Å². The van der Waals surface area contributed by atoms with Gasteiger partial charge < -0.3 is 39.9 Å². The Kier molecular flexibility index (Phi) is 27.6. The van der Waals surface area contributed by atoms with E-state index in [4.69, 9.17) is 18.5 Å². The van der Waals surface area contributed by atoms with Crippen LogP contribution in [0.5, 0.6) is 0 Å². The number of hydrogen-bond acceptors (Lipinski definition) is 12. The number of carbonyl (C=O) groups is 2. The van der Waals surface area contributed by atoms with Gasteiger partial charge in [-0.05, 0) is 38.5 Å². The second kappa shape index (κ2) is 29.7. The van der Waals surface area contributed by atoms with Crippen LogP contribution in [0.2, 0.25) is 0 Å². The van der Waals surface area contributed by atoms with Crippen molar-refractivity contribution in [1.29, 1.82) is 0 Å². The van der Waals surface area contributed by atoms with E-state index in [0.717, 1.165) is 70.6 Å². The highest BCUT2D eigenvalue weighted by atomic mass is 31.2. The number of phosphoric ester groups is 1. The average molecular weight is 765 g/mol. The van der Waals surface area contributed by atoms with Crippen LogP contribution in [-0.2, 0) is 32.7 Å². The van der Waals surface area contributed by atoms with Crippen molar-refractivity contribution in [3.8, 4) is 0 Å². The fraction of sp³-hybridized carbons (Fsp3) is 0.842. The van der Waals surface area contributed by atoms with Gasteiger partial charge in [0.1, 0.15) is 43.2 Å². The van der Waals surface area contributed by atoms with Crippen LogP contribution >= 0.6 is 7.82 Å². The summed E-state index contributed by atoms with van der Waals surface area (Å²) in [6.07, 6.45) is 15.5. The molecule has 0 spiro atoms. The van der Waals surface area contributed by atoms with Gasteiger partial charge in [-0.25, -0.2) is 4.57 Å². The molecule has 304 valence electrons. The summed E-state index contributed by atoms with van der Waals surface area (Å²) in [5.41, 5.74) is 0. The summed E-state index contributed by atoms with van der Waals surface area (Å²) < 4.78 is 33.3. The average Bonchev–Trinajstić information content (AvgIpc) is 3.12. The Bertz CT molecular complexity index is 1020. The molecule has 6 unspecified atom stereocenters. The van der Waals surface area contributed by atoms with Crippen molar-refractivity contribution in [3.05, 3.63) is 24.3 Å². The van der Waals surface area contributed by atoms with Crippen molar-refractivity contribution in [2.75, 3.05) is 13.2 Å². The number of unbranched alkanes of at least 4 members (excludes halogenated alkanes) is 15. The predicted molar refractivity (Wildman–Crippen MR) is 198 cm³/mol. The Morgan fingerprint density at radius 1 is 0.596 bits per heavy atom. The van der Waals surface area contributed by atoms with Crippen molar-refractivity contribution in [2.24, 2.45) is 0 Å². The molecule has 14 heteroatoms. The molecule has 52 heavy (non-hydrogen) atoms. The molecule has 1 saturated carbocycles. The van der Waals surface area contributed by atoms with Gasteiger partial charge in [-0.1, -0.05) is 122 Å². The number of aliphatic hydroxyl groups is 5. The monoisotopic (exact) mass is 764 g/mol. The van der Waals surface area contributed by atoms with E-state index in [1.165, 1.54) is 38.5 Å². The van der Waals surface area contributed by atoms with E-state index in [1.807, 2.05) is 0 Å². The number of aliphatic hydroxyl groups excluding tert-OH is 5. The number of hydrogen-bond donors (Lipinski definition) is 6. The van der Waals surface area contributed by atoms with Gasteiger partial charge in [0.05, 0.1) is 6.61 Å². The molecule has 13 nitrogen and oxygen atoms in total. The minimum atomic E-state index is -5.11. The lowest BCUT2D eigenvalue weighted by Gasteiger charge is -2.41. The lowest BCUT2D eigenvalue weighted by molar-refractivity contribution is -0.220. The molecular weight excluding hydrogens is 695 g/mol. The standard InChI is InChI=1S/C38H69O13P/c1-3-5-7-9-11-13-14-15-16-17-19-20-22-24-26-31(39)48-28-30(50-32(40)27-25-23-21-18-12-10-8-6-4-2)29-49-52(46,47)51-38-36(44)34(42)33(41)35(43)37(38)45/h9,11,14-15,30,33-38,41-45H,3-8,10,12-13,16-29H2,1-2H3,(H,46,47)/b11-9-,15-14-/t30-,33?,34-,35?,36?,37?,38?/m1/s1. The van der Waals surface area contributed by atoms with Crippen molar-refractivity contribution < 1.29 is 63.1 Å². The van der Waals surface area contributed by atoms with E-state index in [-0.39, 0.29) is 12.8 Å². The fourth-order valence-corrected chi connectivity index (χ4v) is 6.75. The lowest BCUT2D eigenvalue weighted by Crippen LogP contribution is -2.64. The Labute approximate surface area is 311 Å². The summed E-state index contributed by atoms with van der Waals surface area (Å²) in [7, 11) is -5.11. The third-order valence-corrected chi connectivity index (χ3v) is 10.0. The number of carbonyl (C=O) groups excluding carboxylic acids is 2. The summed E-state index contributed by atoms with van der Waals surface area (Å²) in [5, 5.41) is 49.9. The first-order chi connectivity index (χ1) is 24.9. The van der Waals surface area contributed by atoms with Crippen LogP contribution in [0, 0.1) is 0 Å². The van der Waals surface area contributed by atoms with E-state index >= 15 is 0 Å². The topological polar surface area (TPSA) is 210 Å². The van der Waals surface area contributed by atoms with Crippen molar-refractivity contribution >= 4 is 19.8 Å². The zero-order valence-corrected chi connectivity index (χ0v) is 32.5. The highest BCUT2D eigenvalue weighted by Gasteiger charge is 2.51. The molecule has 0 radical (unpaired) electrons. The quantitative estimate of drug-likeness (QED) is 0.0204. The summed E-state index contributed by atoms with van der Waals surface area (Å²) in [6, 6.07) is 0. The van der Waals surface area contributed by atoms with Crippen LogP contribution in [0.25, 0.3) is 0 Å². The molecule has 0 heterocycles. The molecule has 1 rings (SSSR count). The van der Waals surface area contributed by atoms with E-state index < -0.39 is 75.7 Å². The first kappa shape index (κ1) is 48.3. The second-order valence-electron chi connectivity index (χ2n) is 13.8. The SMILES string of the molecule is CCCC/C=C\C/C=C\CCCCCCCC(=O)OC[C@H](COP(=O)(O)OC1C(O)C(O)C(O)[C@@H](O)C1O)OC(=O)CCCCCCCCCCC. The predicted octanol–water partition coefficient (Wildman–Crippen LogP) is 6.11. The molecule has 0 aromatic rings. The normalized spacial score (nSPS) is 23.9. The van der Waals surface area contributed by atoms with E-state index in [2.05, 4.69) is 38.2 Å². The summed E-state index contributed by atoms with van der Waals surface area (Å²) >= 11 is 0. The minimum Gasteiger partial charge on any atom is -0.462 e. The lowest BCUT2D eigenvalue weighted by atomic mass is 9.85. The zero-order chi connectivity index (χ0) is 38.6. The van der Waals surface area contributed by atoms with Gasteiger partial charge in [0, 0.05) is 12.8 Å². The molecule has 0 aromatic carbocycles. The van der Waals surface area contributed by atoms with Gasteiger partial charge in [-0.15, -0.1) is 0 Å². The van der Waals surface area contributed by atoms with E-state index in [9.17, 15) is 44.6 Å². The first-order valence-electron chi connectivity index (χ1n) is 19.6. The maximum atomic E-state index is 12.7. The van der Waals surface area contributed by atoms with Gasteiger partial charge in [-0.3, -0.25) is 18.6 Å². The molecule has 0 aliphatic heterocycles. The summed E-state index contributed by atoms with van der Waals surface area (Å²) in [4.78, 5) is 35.4. The first-order valence-corrected chi connectivity index (χ1v) is 21.1. The van der Waals surface area contributed by atoms with Gasteiger partial charge in [0.15, 0.2) is 6.10 Å². The Hall–Kier alpha value is -1.67. The van der Waals surface area contributed by atoms with Crippen molar-refractivity contribution in [3.63, 3.8) is 0 Å². The Morgan fingerprint density at radius 2 is 1.06 bits per heavy atom. The summed E-state index contributed by atoms with van der Waals surface area (Å²) in [5.74, 6) is -1.12. The van der Waals surface area contributed by atoms with Crippen molar-refractivity contribution in [2.45, 2.75) is 191 Å². The molecule has 1 aliphatic carbocycles. The number of ether oxygens (including phenoxy) is 2. The largest absolute Gasteiger partial charge is 0.472 e. The van der Waals surface area contributed by atoms with Crippen LogP contribution in [0.1, 0.15) is 149 Å². The Balaban J connectivity index is 2.53. The molecule has 8 atom stereocenters. The number of esters is 2. The number of phosphoric acid groups is 1. The third kappa shape index (κ3) is 22.5. The smallest absolute Gasteiger partial charge is 0.462 e. The molecule has 0 saturated heterocycles. The van der Waals surface area contributed by atoms with Gasteiger partial charge in [0.25, 0.3) is 0 Å². The highest BCUT2D eigenvalue weighted by Crippen LogP contribution is 2.47. The minimum absolute atomic E-state index is 0.0953. The molecular formula is C38H69O13P. The van der Waals surface area contributed by atoms with Crippen LogP contribution < -0.4 is 0 Å². The molecule has 0 aromatic heterocycles. The molecule has 1 fully saturated rings. The van der Waals surface area contributed by atoms with Gasteiger partial charge in [0.2, 0.25) is 0 Å². The zero-order valence-electron chi connectivity index (χ0n) is 31.6. The van der Waals surface area contributed by atoms with Gasteiger partial charge >= 0.3 is 19.8 Å². The molecule has 0 bridgehead atoms. The molecule has 6 N–H and O–H groups in total. The van der Waals surface area contributed by atoms with E-state index in [0.29, 0.717) is 12.8 Å². The number of rotatable bonds is 31. The number of allylic oxidation sites excluding steroid dienone is 4. The second-order valence-corrected chi connectivity index (χ2v) is 15.2.